The number of nitro benzene ring substituents is 1. The molecule has 0 fully saturated rings. The molecule has 1 heterocycles. The number of aryl methyl sites for hydroxylation is 1. The zero-order valence-electron chi connectivity index (χ0n) is 11.1. The Labute approximate surface area is 151 Å². The number of anilines is 1. The van der Waals surface area contributed by atoms with Gasteiger partial charge in [0, 0.05) is 32.2 Å². The quantitative estimate of drug-likeness (QED) is 0.395. The van der Waals surface area contributed by atoms with Crippen LogP contribution in [-0.2, 0) is 4.79 Å². The van der Waals surface area contributed by atoms with Crippen LogP contribution in [0.2, 0.25) is 0 Å². The minimum atomic E-state index is -0.498. The highest BCUT2D eigenvalue weighted by atomic mass is 79.9. The van der Waals surface area contributed by atoms with E-state index in [0.29, 0.717) is 14.6 Å². The fourth-order valence-electron chi connectivity index (χ4n) is 1.49. The van der Waals surface area contributed by atoms with Crippen molar-refractivity contribution in [3.63, 3.8) is 0 Å². The summed E-state index contributed by atoms with van der Waals surface area (Å²) in [4.78, 5) is 26.5. The molecule has 0 saturated carbocycles. The van der Waals surface area contributed by atoms with Crippen LogP contribution >= 0.6 is 55.0 Å². The molecular weight excluding hydrogens is 458 g/mol. The number of hydrogen-bond donors (Lipinski definition) is 1. The number of halogens is 2. The third-order valence-corrected chi connectivity index (χ3v) is 5.82. The van der Waals surface area contributed by atoms with Crippen LogP contribution in [0.4, 0.5) is 11.4 Å². The lowest BCUT2D eigenvalue weighted by Crippen LogP contribution is -2.15. The molecule has 1 aromatic heterocycles. The lowest BCUT2D eigenvalue weighted by atomic mass is 10.3. The summed E-state index contributed by atoms with van der Waals surface area (Å²) < 4.78 is 1.71. The Morgan fingerprint density at radius 1 is 1.45 bits per heavy atom. The number of aromatic nitrogens is 1. The molecule has 2 aromatic rings. The maximum absolute atomic E-state index is 12.0. The van der Waals surface area contributed by atoms with Crippen LogP contribution in [0.25, 0.3) is 0 Å². The van der Waals surface area contributed by atoms with Crippen molar-refractivity contribution in [1.29, 1.82) is 0 Å². The zero-order chi connectivity index (χ0) is 16.3. The molecular formula is C12H9Br2N3O3S2. The monoisotopic (exact) mass is 465 g/mol. The normalized spacial score (nSPS) is 10.5. The minimum Gasteiger partial charge on any atom is -0.323 e. The summed E-state index contributed by atoms with van der Waals surface area (Å²) in [6, 6.07) is 2.69. The van der Waals surface area contributed by atoms with Gasteiger partial charge in [0.05, 0.1) is 16.4 Å². The summed E-state index contributed by atoms with van der Waals surface area (Å²) in [6.07, 6.45) is 0. The van der Waals surface area contributed by atoms with Crippen LogP contribution in [0.1, 0.15) is 5.69 Å². The van der Waals surface area contributed by atoms with Crippen LogP contribution in [0, 0.1) is 17.0 Å². The Balaban J connectivity index is 2.03. The molecule has 0 aliphatic heterocycles. The highest BCUT2D eigenvalue weighted by molar-refractivity contribution is 9.11. The number of rotatable bonds is 5. The minimum absolute atomic E-state index is 0.0654. The van der Waals surface area contributed by atoms with E-state index < -0.39 is 4.92 Å². The van der Waals surface area contributed by atoms with Crippen molar-refractivity contribution in [2.45, 2.75) is 11.3 Å². The molecule has 0 aliphatic carbocycles. The second kappa shape index (κ2) is 7.53. The first-order chi connectivity index (χ1) is 10.4. The van der Waals surface area contributed by atoms with Crippen molar-refractivity contribution in [3.8, 4) is 0 Å². The van der Waals surface area contributed by atoms with E-state index in [1.807, 2.05) is 12.3 Å². The molecule has 0 aliphatic rings. The van der Waals surface area contributed by atoms with E-state index in [2.05, 4.69) is 42.2 Å². The second-order valence-electron chi connectivity index (χ2n) is 4.13. The average molecular weight is 467 g/mol. The lowest BCUT2D eigenvalue weighted by Gasteiger charge is -2.09. The summed E-state index contributed by atoms with van der Waals surface area (Å²) in [5, 5.41) is 15.4. The van der Waals surface area contributed by atoms with Gasteiger partial charge in [-0.1, -0.05) is 11.8 Å². The molecule has 116 valence electrons. The Morgan fingerprint density at radius 2 is 2.09 bits per heavy atom. The van der Waals surface area contributed by atoms with E-state index >= 15 is 0 Å². The van der Waals surface area contributed by atoms with Gasteiger partial charge in [0.25, 0.3) is 5.69 Å². The molecule has 0 unspecified atom stereocenters. The van der Waals surface area contributed by atoms with E-state index in [9.17, 15) is 14.9 Å². The van der Waals surface area contributed by atoms with Crippen molar-refractivity contribution in [2.24, 2.45) is 0 Å². The molecule has 22 heavy (non-hydrogen) atoms. The predicted molar refractivity (Wildman–Crippen MR) is 94.7 cm³/mol. The Kier molecular flexibility index (Phi) is 5.95. The van der Waals surface area contributed by atoms with E-state index in [1.54, 1.807) is 0 Å². The molecule has 0 atom stereocenters. The van der Waals surface area contributed by atoms with Crippen LogP contribution in [0.3, 0.4) is 0 Å². The highest BCUT2D eigenvalue weighted by Gasteiger charge is 2.16. The topological polar surface area (TPSA) is 85.1 Å². The smallest absolute Gasteiger partial charge is 0.271 e. The lowest BCUT2D eigenvalue weighted by molar-refractivity contribution is -0.385. The first kappa shape index (κ1) is 17.4. The number of hydrogen-bond acceptors (Lipinski definition) is 6. The second-order valence-corrected chi connectivity index (χ2v) is 7.92. The average Bonchev–Trinajstić information content (AvgIpc) is 2.86. The molecule has 2 rings (SSSR count). The summed E-state index contributed by atoms with van der Waals surface area (Å²) in [6.45, 7) is 1.89. The maximum Gasteiger partial charge on any atom is 0.271 e. The van der Waals surface area contributed by atoms with Gasteiger partial charge in [-0.3, -0.25) is 14.9 Å². The number of thiazole rings is 1. The van der Waals surface area contributed by atoms with Gasteiger partial charge in [-0.15, -0.1) is 11.3 Å². The fraction of sp³-hybridized carbons (Fsp3) is 0.167. The number of thioether (sulfide) groups is 1. The van der Waals surface area contributed by atoms with E-state index in [-0.39, 0.29) is 17.3 Å². The van der Waals surface area contributed by atoms with Crippen LogP contribution in [0.15, 0.2) is 30.8 Å². The number of nitrogens with zero attached hydrogens (tertiary/aromatic N) is 2. The molecule has 0 spiro atoms. The Bertz CT molecular complexity index is 713. The van der Waals surface area contributed by atoms with Gasteiger partial charge in [0.15, 0.2) is 4.34 Å². The number of nitrogens with one attached hydrogen (secondary N) is 1. The molecule has 1 aromatic carbocycles. The number of carbonyl (C=O) groups is 1. The summed E-state index contributed by atoms with van der Waals surface area (Å²) in [5.41, 5.74) is 1.32. The molecule has 10 heteroatoms. The van der Waals surface area contributed by atoms with E-state index in [0.717, 1.165) is 10.0 Å². The zero-order valence-corrected chi connectivity index (χ0v) is 15.9. The predicted octanol–water partition coefficient (Wildman–Crippen LogP) is 4.62. The number of carbonyl (C=O) groups excluding carboxylic acids is 1. The Hall–Kier alpha value is -0.970. The first-order valence-corrected chi connectivity index (χ1v) is 9.30. The highest BCUT2D eigenvalue weighted by Crippen LogP contribution is 2.35. The first-order valence-electron chi connectivity index (χ1n) is 5.85. The molecule has 1 amide bonds. The van der Waals surface area contributed by atoms with Gasteiger partial charge in [0.2, 0.25) is 5.91 Å². The van der Waals surface area contributed by atoms with Crippen molar-refractivity contribution in [2.75, 3.05) is 11.1 Å². The number of nitro groups is 1. The number of benzene rings is 1. The van der Waals surface area contributed by atoms with Crippen LogP contribution in [-0.4, -0.2) is 21.6 Å². The van der Waals surface area contributed by atoms with Crippen molar-refractivity contribution in [1.82, 2.24) is 4.98 Å². The number of non-ortho nitro benzene ring substituents is 1. The summed E-state index contributed by atoms with van der Waals surface area (Å²) in [5.74, 6) is -0.00358. The van der Waals surface area contributed by atoms with E-state index in [4.69, 9.17) is 0 Å². The van der Waals surface area contributed by atoms with Gasteiger partial charge >= 0.3 is 0 Å². The standard InChI is InChI=1S/C12H9Br2N3O3S2/c1-6-4-21-12(15-6)22-5-10(18)16-11-8(13)2-7(17(19)20)3-9(11)14/h2-4H,5H2,1H3,(H,16,18). The molecule has 0 radical (unpaired) electrons. The van der Waals surface area contributed by atoms with Crippen LogP contribution in [0.5, 0.6) is 0 Å². The van der Waals surface area contributed by atoms with Crippen LogP contribution < -0.4 is 5.32 Å². The van der Waals surface area contributed by atoms with Crippen molar-refractivity contribution in [3.05, 3.63) is 42.3 Å². The third-order valence-electron chi connectivity index (χ3n) is 2.43. The fourth-order valence-corrected chi connectivity index (χ4v) is 4.50. The maximum atomic E-state index is 12.0. The molecule has 0 bridgehead atoms. The summed E-state index contributed by atoms with van der Waals surface area (Å²) >= 11 is 9.29. The Morgan fingerprint density at radius 3 is 2.59 bits per heavy atom. The van der Waals surface area contributed by atoms with Crippen molar-refractivity contribution >= 4 is 72.2 Å². The largest absolute Gasteiger partial charge is 0.323 e. The van der Waals surface area contributed by atoms with E-state index in [1.165, 1.54) is 35.2 Å². The number of amides is 1. The van der Waals surface area contributed by atoms with Gasteiger partial charge < -0.3 is 5.32 Å². The molecule has 6 nitrogen and oxygen atoms in total. The molecule has 0 saturated heterocycles. The SMILES string of the molecule is Cc1csc(SCC(=O)Nc2c(Br)cc([N+](=O)[O-])cc2Br)n1. The van der Waals surface area contributed by atoms with Gasteiger partial charge in [-0.25, -0.2) is 4.98 Å². The molecule has 1 N–H and O–H groups in total. The third kappa shape index (κ3) is 4.51. The van der Waals surface area contributed by atoms with Gasteiger partial charge in [-0.05, 0) is 38.8 Å². The van der Waals surface area contributed by atoms with Gasteiger partial charge in [-0.2, -0.15) is 0 Å². The van der Waals surface area contributed by atoms with Gasteiger partial charge in [0.1, 0.15) is 0 Å². The summed E-state index contributed by atoms with van der Waals surface area (Å²) in [7, 11) is 0. The van der Waals surface area contributed by atoms with Crippen molar-refractivity contribution < 1.29 is 9.72 Å².